The highest BCUT2D eigenvalue weighted by Crippen LogP contribution is 2.40. The Hall–Kier alpha value is -0.860. The first kappa shape index (κ1) is 13.1. The van der Waals surface area contributed by atoms with Gasteiger partial charge in [0, 0.05) is 25.1 Å². The van der Waals surface area contributed by atoms with Crippen molar-refractivity contribution in [2.45, 2.75) is 51.0 Å². The minimum Gasteiger partial charge on any atom is -0.396 e. The minimum absolute atomic E-state index is 0.161. The van der Waals surface area contributed by atoms with E-state index in [1.807, 2.05) is 0 Å². The summed E-state index contributed by atoms with van der Waals surface area (Å²) in [6, 6.07) is 9.00. The van der Waals surface area contributed by atoms with Crippen LogP contribution >= 0.6 is 0 Å². The van der Waals surface area contributed by atoms with Gasteiger partial charge in [-0.25, -0.2) is 0 Å². The third-order valence-electron chi connectivity index (χ3n) is 4.83. The lowest BCUT2D eigenvalue weighted by atomic mass is 9.87. The molecule has 2 heteroatoms. The molecule has 19 heavy (non-hydrogen) atoms. The molecule has 0 radical (unpaired) electrons. The Labute approximate surface area is 116 Å². The van der Waals surface area contributed by atoms with Crippen molar-refractivity contribution in [2.75, 3.05) is 13.2 Å². The van der Waals surface area contributed by atoms with Gasteiger partial charge in [0.05, 0.1) is 0 Å². The van der Waals surface area contributed by atoms with Crippen LogP contribution in [0.15, 0.2) is 24.3 Å². The lowest BCUT2D eigenvalue weighted by Gasteiger charge is -2.26. The maximum atomic E-state index is 9.60. The van der Waals surface area contributed by atoms with E-state index in [9.17, 15) is 5.11 Å². The first-order chi connectivity index (χ1) is 9.31. The molecule has 0 saturated heterocycles. The number of nitrogens with one attached hydrogen (secondary N) is 1. The number of aliphatic hydroxyl groups is 1. The van der Waals surface area contributed by atoms with Crippen LogP contribution in [0, 0.1) is 5.41 Å². The fourth-order valence-electron chi connectivity index (χ4n) is 3.36. The number of hydrogen-bond donors (Lipinski definition) is 2. The Balaban J connectivity index is 1.52. The smallest absolute Gasteiger partial charge is 0.0499 e. The third-order valence-corrected chi connectivity index (χ3v) is 4.83. The van der Waals surface area contributed by atoms with E-state index >= 15 is 0 Å². The summed E-state index contributed by atoms with van der Waals surface area (Å²) in [5.74, 6) is 0.832. The summed E-state index contributed by atoms with van der Waals surface area (Å²) in [4.78, 5) is 0. The van der Waals surface area contributed by atoms with Crippen LogP contribution in [0.2, 0.25) is 0 Å². The van der Waals surface area contributed by atoms with E-state index in [2.05, 4.69) is 29.6 Å². The molecule has 0 unspecified atom stereocenters. The monoisotopic (exact) mass is 259 g/mol. The number of hydrogen-bond acceptors (Lipinski definition) is 2. The van der Waals surface area contributed by atoms with Gasteiger partial charge >= 0.3 is 0 Å². The van der Waals surface area contributed by atoms with Crippen LogP contribution in [-0.4, -0.2) is 18.3 Å². The quantitative estimate of drug-likeness (QED) is 0.822. The molecule has 2 aliphatic carbocycles. The molecule has 0 heterocycles. The van der Waals surface area contributed by atoms with Gasteiger partial charge in [-0.1, -0.05) is 37.1 Å². The summed E-state index contributed by atoms with van der Waals surface area (Å²) in [6.45, 7) is 2.22. The maximum absolute atomic E-state index is 9.60. The molecule has 1 aromatic carbocycles. The molecular weight excluding hydrogens is 234 g/mol. The lowest BCUT2D eigenvalue weighted by Crippen LogP contribution is -2.34. The summed E-state index contributed by atoms with van der Waals surface area (Å²) >= 11 is 0. The summed E-state index contributed by atoms with van der Waals surface area (Å²) in [5.41, 5.74) is 3.06. The molecule has 2 N–H and O–H groups in total. The van der Waals surface area contributed by atoms with Crippen molar-refractivity contribution in [3.05, 3.63) is 35.4 Å². The van der Waals surface area contributed by atoms with E-state index < -0.39 is 0 Å². The Morgan fingerprint density at radius 1 is 1.21 bits per heavy atom. The Morgan fingerprint density at radius 2 is 2.00 bits per heavy atom. The normalized spacial score (nSPS) is 21.7. The summed E-state index contributed by atoms with van der Waals surface area (Å²) in [5, 5.41) is 13.2. The molecule has 3 rings (SSSR count). The topological polar surface area (TPSA) is 32.3 Å². The first-order valence-corrected chi connectivity index (χ1v) is 7.72. The summed E-state index contributed by atoms with van der Waals surface area (Å²) in [6.07, 6.45) is 7.64. The van der Waals surface area contributed by atoms with Crippen LogP contribution in [-0.2, 0) is 6.54 Å². The fourth-order valence-corrected chi connectivity index (χ4v) is 3.36. The zero-order valence-corrected chi connectivity index (χ0v) is 11.7. The van der Waals surface area contributed by atoms with Crippen molar-refractivity contribution < 1.29 is 5.11 Å². The standard InChI is InChI=1S/C17H25NO/c19-13-17(8-1-2-9-17)12-18-11-14-4-3-5-16(10-14)15-6-7-15/h3-5,10,15,18-19H,1-2,6-9,11-13H2. The van der Waals surface area contributed by atoms with Crippen molar-refractivity contribution >= 4 is 0 Å². The maximum Gasteiger partial charge on any atom is 0.0499 e. The van der Waals surface area contributed by atoms with E-state index in [-0.39, 0.29) is 5.41 Å². The summed E-state index contributed by atoms with van der Waals surface area (Å²) in [7, 11) is 0. The first-order valence-electron chi connectivity index (χ1n) is 7.72. The van der Waals surface area contributed by atoms with Crippen LogP contribution in [0.25, 0.3) is 0 Å². The molecule has 0 atom stereocenters. The molecule has 0 aromatic heterocycles. The molecule has 2 aliphatic rings. The van der Waals surface area contributed by atoms with E-state index in [1.165, 1.54) is 49.7 Å². The van der Waals surface area contributed by atoms with Crippen molar-refractivity contribution in [3.8, 4) is 0 Å². The van der Waals surface area contributed by atoms with Gasteiger partial charge in [-0.15, -0.1) is 0 Å². The van der Waals surface area contributed by atoms with Gasteiger partial charge in [0.25, 0.3) is 0 Å². The van der Waals surface area contributed by atoms with Gasteiger partial charge in [0.2, 0.25) is 0 Å². The van der Waals surface area contributed by atoms with Crippen molar-refractivity contribution in [3.63, 3.8) is 0 Å². The van der Waals surface area contributed by atoms with Gasteiger partial charge in [-0.3, -0.25) is 0 Å². The molecule has 2 fully saturated rings. The molecule has 0 bridgehead atoms. The highest BCUT2D eigenvalue weighted by Gasteiger charge is 2.32. The molecule has 104 valence electrons. The Bertz CT molecular complexity index is 419. The van der Waals surface area contributed by atoms with Gasteiger partial charge in [0.1, 0.15) is 0 Å². The van der Waals surface area contributed by atoms with Gasteiger partial charge in [-0.05, 0) is 42.7 Å². The Morgan fingerprint density at radius 3 is 2.68 bits per heavy atom. The van der Waals surface area contributed by atoms with Gasteiger partial charge < -0.3 is 10.4 Å². The molecule has 1 aromatic rings. The molecule has 0 spiro atoms. The van der Waals surface area contributed by atoms with Gasteiger partial charge in [-0.2, -0.15) is 0 Å². The molecular formula is C17H25NO. The second-order valence-corrected chi connectivity index (χ2v) is 6.49. The highest BCUT2D eigenvalue weighted by atomic mass is 16.3. The van der Waals surface area contributed by atoms with Gasteiger partial charge in [0.15, 0.2) is 0 Å². The number of aliphatic hydroxyl groups excluding tert-OH is 1. The average molecular weight is 259 g/mol. The zero-order valence-electron chi connectivity index (χ0n) is 11.7. The molecule has 2 nitrogen and oxygen atoms in total. The third kappa shape index (κ3) is 3.18. The lowest BCUT2D eigenvalue weighted by molar-refractivity contribution is 0.128. The molecule has 2 saturated carbocycles. The Kier molecular flexibility index (Phi) is 3.90. The summed E-state index contributed by atoms with van der Waals surface area (Å²) < 4.78 is 0. The minimum atomic E-state index is 0.161. The number of benzene rings is 1. The fraction of sp³-hybridized carbons (Fsp3) is 0.647. The number of rotatable bonds is 6. The second-order valence-electron chi connectivity index (χ2n) is 6.49. The largest absolute Gasteiger partial charge is 0.396 e. The zero-order chi connectivity index (χ0) is 13.1. The van der Waals surface area contributed by atoms with Crippen molar-refractivity contribution in [1.29, 1.82) is 0 Å². The van der Waals surface area contributed by atoms with Crippen LogP contribution in [0.4, 0.5) is 0 Å². The van der Waals surface area contributed by atoms with E-state index in [0.717, 1.165) is 19.0 Å². The predicted octanol–water partition coefficient (Wildman–Crippen LogP) is 3.21. The van der Waals surface area contributed by atoms with E-state index in [4.69, 9.17) is 0 Å². The predicted molar refractivity (Wildman–Crippen MR) is 78.1 cm³/mol. The van der Waals surface area contributed by atoms with E-state index in [1.54, 1.807) is 0 Å². The van der Waals surface area contributed by atoms with Crippen molar-refractivity contribution in [1.82, 2.24) is 5.32 Å². The average Bonchev–Trinajstić information content (AvgIpc) is 3.20. The second kappa shape index (κ2) is 5.64. The van der Waals surface area contributed by atoms with Crippen LogP contribution in [0.5, 0.6) is 0 Å². The van der Waals surface area contributed by atoms with Crippen LogP contribution < -0.4 is 5.32 Å². The van der Waals surface area contributed by atoms with Crippen LogP contribution in [0.3, 0.4) is 0 Å². The SMILES string of the molecule is OCC1(CNCc2cccc(C3CC3)c2)CCCC1. The van der Waals surface area contributed by atoms with Crippen LogP contribution in [0.1, 0.15) is 55.6 Å². The highest BCUT2D eigenvalue weighted by molar-refractivity contribution is 5.29. The van der Waals surface area contributed by atoms with Crippen molar-refractivity contribution in [2.24, 2.45) is 5.41 Å². The molecule has 0 amide bonds. The molecule has 0 aliphatic heterocycles. The van der Waals surface area contributed by atoms with E-state index in [0.29, 0.717) is 6.61 Å².